The number of alkyl halides is 3. The van der Waals surface area contributed by atoms with Crippen molar-refractivity contribution in [3.63, 3.8) is 0 Å². The summed E-state index contributed by atoms with van der Waals surface area (Å²) >= 11 is 0. The number of halogens is 3. The van der Waals surface area contributed by atoms with Gasteiger partial charge in [-0.05, 0) is 44.2 Å². The lowest BCUT2D eigenvalue weighted by atomic mass is 10.1. The molecule has 0 saturated carbocycles. The van der Waals surface area contributed by atoms with Crippen LogP contribution < -0.4 is 4.89 Å². The number of nitrogens with zero attached hydrogens (tertiary/aromatic N) is 2. The van der Waals surface area contributed by atoms with Crippen molar-refractivity contribution in [1.82, 2.24) is 14.7 Å². The maximum absolute atomic E-state index is 13.3. The lowest BCUT2D eigenvalue weighted by Gasteiger charge is -2.11. The van der Waals surface area contributed by atoms with Crippen molar-refractivity contribution < 1.29 is 41.8 Å². The monoisotopic (exact) mass is 487 g/mol. The van der Waals surface area contributed by atoms with E-state index in [-0.39, 0.29) is 21.8 Å². The fourth-order valence-electron chi connectivity index (χ4n) is 2.65. The molecule has 0 unspecified atom stereocenters. The van der Waals surface area contributed by atoms with Gasteiger partial charge in [-0.25, -0.2) is 17.9 Å². The molecule has 1 heterocycles. The fourth-order valence-corrected chi connectivity index (χ4v) is 3.51. The highest BCUT2D eigenvalue weighted by atomic mass is 32.2. The number of aromatic nitrogens is 2. The summed E-state index contributed by atoms with van der Waals surface area (Å²) in [7, 11) is -4.22. The van der Waals surface area contributed by atoms with Crippen LogP contribution in [0.3, 0.4) is 0 Å². The van der Waals surface area contributed by atoms with Gasteiger partial charge in [0.05, 0.1) is 16.3 Å². The first-order valence-corrected chi connectivity index (χ1v) is 10.6. The smallest absolute Gasteiger partial charge is 0.435 e. The number of carboxylic acid groups (broad SMARTS) is 1. The average molecular weight is 487 g/mol. The standard InChI is InChI=1S/C20H18F3N3O5S.H2O/c1-12-3-5-14(6-4-12)17-11-18(20(21,22)23)24-26(17)15-7-9-16(10-8-15)32(29,30)25-31-13(2)19(27)28;/h3-11,13,25H,1-2H3,(H,27,28);1H2/t13-;/m1./s1. The second-order valence-electron chi connectivity index (χ2n) is 6.87. The lowest BCUT2D eigenvalue weighted by molar-refractivity contribution is -0.151. The Balaban J connectivity index is 0.00000385. The zero-order chi connectivity index (χ0) is 23.7. The van der Waals surface area contributed by atoms with E-state index in [9.17, 15) is 26.4 Å². The van der Waals surface area contributed by atoms with Gasteiger partial charge in [-0.15, -0.1) is 0 Å². The zero-order valence-corrected chi connectivity index (χ0v) is 18.1. The van der Waals surface area contributed by atoms with Crippen LogP contribution in [0.4, 0.5) is 13.2 Å². The van der Waals surface area contributed by atoms with E-state index >= 15 is 0 Å². The summed E-state index contributed by atoms with van der Waals surface area (Å²) in [6.45, 7) is 2.98. The van der Waals surface area contributed by atoms with Crippen LogP contribution in [-0.4, -0.2) is 40.9 Å². The molecular weight excluding hydrogens is 467 g/mol. The van der Waals surface area contributed by atoms with E-state index in [1.807, 2.05) is 6.92 Å². The first-order chi connectivity index (χ1) is 14.9. The predicted molar refractivity (Wildman–Crippen MR) is 111 cm³/mol. The van der Waals surface area contributed by atoms with Crippen molar-refractivity contribution in [2.24, 2.45) is 0 Å². The number of carboxylic acids is 1. The Morgan fingerprint density at radius 2 is 1.70 bits per heavy atom. The molecule has 3 rings (SSSR count). The van der Waals surface area contributed by atoms with Crippen LogP contribution in [0.15, 0.2) is 59.5 Å². The SMILES string of the molecule is Cc1ccc(-c2cc(C(F)(F)F)nn2-c2ccc(S(=O)(=O)NO[C@H](C)C(=O)O)cc2)cc1.O. The largest absolute Gasteiger partial charge is 0.479 e. The van der Waals surface area contributed by atoms with E-state index in [4.69, 9.17) is 5.11 Å². The zero-order valence-electron chi connectivity index (χ0n) is 17.3. The molecule has 1 aromatic heterocycles. The van der Waals surface area contributed by atoms with Crippen LogP contribution in [0.25, 0.3) is 16.9 Å². The van der Waals surface area contributed by atoms with Gasteiger partial charge in [0.25, 0.3) is 10.0 Å². The van der Waals surface area contributed by atoms with Crippen LogP contribution in [0.1, 0.15) is 18.2 Å². The van der Waals surface area contributed by atoms with Crippen molar-refractivity contribution >= 4 is 16.0 Å². The second kappa shape index (κ2) is 9.70. The molecule has 0 saturated heterocycles. The van der Waals surface area contributed by atoms with Gasteiger partial charge in [-0.2, -0.15) is 18.3 Å². The maximum Gasteiger partial charge on any atom is 0.435 e. The number of hydrogen-bond acceptors (Lipinski definition) is 5. The molecule has 0 spiro atoms. The van der Waals surface area contributed by atoms with Crippen molar-refractivity contribution in [2.75, 3.05) is 0 Å². The van der Waals surface area contributed by atoms with Gasteiger partial charge >= 0.3 is 12.1 Å². The number of carbonyl (C=O) groups is 1. The second-order valence-corrected chi connectivity index (χ2v) is 8.51. The molecule has 0 radical (unpaired) electrons. The van der Waals surface area contributed by atoms with Crippen LogP contribution in [0.2, 0.25) is 0 Å². The summed E-state index contributed by atoms with van der Waals surface area (Å²) in [6, 6.07) is 12.6. The Kier molecular flexibility index (Phi) is 7.64. The first kappa shape index (κ1) is 26.0. The summed E-state index contributed by atoms with van der Waals surface area (Å²) in [6.07, 6.45) is -6.10. The van der Waals surface area contributed by atoms with Crippen LogP contribution in [0, 0.1) is 6.92 Å². The highest BCUT2D eigenvalue weighted by Crippen LogP contribution is 2.33. The number of nitrogens with one attached hydrogen (secondary N) is 1. The average Bonchev–Trinajstić information content (AvgIpc) is 3.18. The topological polar surface area (TPSA) is 142 Å². The summed E-state index contributed by atoms with van der Waals surface area (Å²) < 4.78 is 65.4. The highest BCUT2D eigenvalue weighted by molar-refractivity contribution is 7.89. The summed E-state index contributed by atoms with van der Waals surface area (Å²) in [5, 5.41) is 12.4. The van der Waals surface area contributed by atoms with E-state index in [1.165, 1.54) is 12.1 Å². The molecule has 0 amide bonds. The minimum Gasteiger partial charge on any atom is -0.479 e. The minimum absolute atomic E-state index is 0. The van der Waals surface area contributed by atoms with E-state index in [0.717, 1.165) is 35.4 Å². The minimum atomic E-state index is -4.67. The molecule has 3 aromatic rings. The van der Waals surface area contributed by atoms with Crippen molar-refractivity contribution in [3.8, 4) is 16.9 Å². The Morgan fingerprint density at radius 1 is 1.12 bits per heavy atom. The van der Waals surface area contributed by atoms with Gasteiger partial charge in [-0.1, -0.05) is 34.7 Å². The Labute approximate surface area is 186 Å². The molecule has 4 N–H and O–H groups in total. The Bertz CT molecular complexity index is 1220. The number of aliphatic carboxylic acids is 1. The Morgan fingerprint density at radius 3 is 2.21 bits per heavy atom. The van der Waals surface area contributed by atoms with E-state index in [1.54, 1.807) is 29.2 Å². The first-order valence-electron chi connectivity index (χ1n) is 9.13. The van der Waals surface area contributed by atoms with Crippen molar-refractivity contribution in [3.05, 3.63) is 65.9 Å². The molecule has 33 heavy (non-hydrogen) atoms. The van der Waals surface area contributed by atoms with Crippen molar-refractivity contribution in [1.29, 1.82) is 0 Å². The third-order valence-electron chi connectivity index (χ3n) is 4.42. The van der Waals surface area contributed by atoms with Crippen LogP contribution in [-0.2, 0) is 25.8 Å². The molecule has 13 heteroatoms. The molecule has 0 fully saturated rings. The molecule has 0 bridgehead atoms. The molecule has 9 nitrogen and oxygen atoms in total. The van der Waals surface area contributed by atoms with Gasteiger partial charge in [0.1, 0.15) is 0 Å². The molecule has 0 aliphatic carbocycles. The molecule has 1 atom stereocenters. The number of rotatable bonds is 7. The number of sulfonamides is 1. The van der Waals surface area contributed by atoms with E-state index in [0.29, 0.717) is 5.56 Å². The molecule has 0 aliphatic heterocycles. The maximum atomic E-state index is 13.3. The number of aryl methyl sites for hydroxylation is 1. The van der Waals surface area contributed by atoms with E-state index in [2.05, 4.69) is 9.94 Å². The summed E-state index contributed by atoms with van der Waals surface area (Å²) in [4.78, 5) is 16.8. The molecular formula is C20H20F3N3O6S. The quantitative estimate of drug-likeness (QED) is 0.491. The van der Waals surface area contributed by atoms with Gasteiger partial charge < -0.3 is 10.6 Å². The normalized spacial score (nSPS) is 12.8. The number of benzene rings is 2. The van der Waals surface area contributed by atoms with Gasteiger partial charge in [0, 0.05) is 5.56 Å². The third kappa shape index (κ3) is 5.96. The fraction of sp³-hybridized carbons (Fsp3) is 0.200. The third-order valence-corrected chi connectivity index (χ3v) is 5.63. The van der Waals surface area contributed by atoms with Crippen LogP contribution >= 0.6 is 0 Å². The van der Waals surface area contributed by atoms with Crippen molar-refractivity contribution in [2.45, 2.75) is 31.0 Å². The number of hydrogen-bond donors (Lipinski definition) is 2. The van der Waals surface area contributed by atoms with Crippen LogP contribution in [0.5, 0.6) is 0 Å². The molecule has 0 aliphatic rings. The lowest BCUT2D eigenvalue weighted by Crippen LogP contribution is -2.32. The van der Waals surface area contributed by atoms with Gasteiger partial charge in [0.15, 0.2) is 11.8 Å². The summed E-state index contributed by atoms with van der Waals surface area (Å²) in [5.41, 5.74) is 0.687. The molecule has 2 aromatic carbocycles. The summed E-state index contributed by atoms with van der Waals surface area (Å²) in [5.74, 6) is -1.37. The Hall–Kier alpha value is -3.26. The molecule has 178 valence electrons. The van der Waals surface area contributed by atoms with Gasteiger partial charge in [0.2, 0.25) is 0 Å². The predicted octanol–water partition coefficient (Wildman–Crippen LogP) is 2.72. The van der Waals surface area contributed by atoms with Gasteiger partial charge in [-0.3, -0.25) is 4.84 Å². The van der Waals surface area contributed by atoms with E-state index < -0.39 is 34.0 Å². The highest BCUT2D eigenvalue weighted by Gasteiger charge is 2.35.